The van der Waals surface area contributed by atoms with Crippen molar-refractivity contribution in [3.8, 4) is 22.3 Å². The summed E-state index contributed by atoms with van der Waals surface area (Å²) in [6.07, 6.45) is 0. The van der Waals surface area contributed by atoms with Gasteiger partial charge in [-0.05, 0) is 114 Å². The third kappa shape index (κ3) is 3.49. The van der Waals surface area contributed by atoms with Crippen LogP contribution in [0.3, 0.4) is 0 Å². The van der Waals surface area contributed by atoms with Crippen molar-refractivity contribution in [3.63, 3.8) is 0 Å². The summed E-state index contributed by atoms with van der Waals surface area (Å²) in [6, 6.07) is 63.4. The number of rotatable bonds is 2. The molecular weight excluding hydrogens is 577 g/mol. The van der Waals surface area contributed by atoms with Gasteiger partial charge in [0.25, 0.3) is 0 Å². The molecular formula is C48H28. The minimum Gasteiger partial charge on any atom is -0.0616 e. The second kappa shape index (κ2) is 9.64. The van der Waals surface area contributed by atoms with Crippen molar-refractivity contribution in [1.29, 1.82) is 0 Å². The van der Waals surface area contributed by atoms with Crippen LogP contribution in [-0.2, 0) is 0 Å². The topological polar surface area (TPSA) is 0 Å². The molecule has 11 aromatic carbocycles. The van der Waals surface area contributed by atoms with E-state index in [9.17, 15) is 0 Å². The molecule has 0 heterocycles. The zero-order valence-corrected chi connectivity index (χ0v) is 26.2. The average Bonchev–Trinajstić information content (AvgIpc) is 3.15. The number of benzene rings is 10. The lowest BCUT2D eigenvalue weighted by atomic mass is 9.86. The summed E-state index contributed by atoms with van der Waals surface area (Å²) in [5.74, 6) is 0. The molecule has 48 heavy (non-hydrogen) atoms. The van der Waals surface area contributed by atoms with E-state index in [1.54, 1.807) is 0 Å². The predicted octanol–water partition coefficient (Wildman–Crippen LogP) is 13.7. The Kier molecular flexibility index (Phi) is 5.20. The lowest BCUT2D eigenvalue weighted by Gasteiger charge is -2.17. The van der Waals surface area contributed by atoms with E-state index in [1.807, 2.05) is 0 Å². The van der Waals surface area contributed by atoms with Gasteiger partial charge in [0.05, 0.1) is 0 Å². The highest BCUT2D eigenvalue weighted by atomic mass is 14.2. The van der Waals surface area contributed by atoms with Crippen molar-refractivity contribution in [2.24, 2.45) is 0 Å². The minimum absolute atomic E-state index is 1.23. The molecule has 0 heteroatoms. The first-order valence-corrected chi connectivity index (χ1v) is 16.8. The second-order valence-corrected chi connectivity index (χ2v) is 13.2. The number of hydrogen-bond acceptors (Lipinski definition) is 0. The first kappa shape index (κ1) is 25.9. The molecule has 220 valence electrons. The van der Waals surface area contributed by atoms with Gasteiger partial charge in [0.2, 0.25) is 0 Å². The molecule has 0 unspecified atom stereocenters. The Hall–Kier alpha value is -6.24. The quantitative estimate of drug-likeness (QED) is 0.172. The van der Waals surface area contributed by atoms with Crippen molar-refractivity contribution in [2.45, 2.75) is 0 Å². The predicted molar refractivity (Wildman–Crippen MR) is 209 cm³/mol. The van der Waals surface area contributed by atoms with Crippen LogP contribution >= 0.6 is 0 Å². The molecule has 0 aliphatic carbocycles. The van der Waals surface area contributed by atoms with Gasteiger partial charge in [0.15, 0.2) is 0 Å². The van der Waals surface area contributed by atoms with Crippen molar-refractivity contribution in [3.05, 3.63) is 170 Å². The van der Waals surface area contributed by atoms with Crippen LogP contribution in [0.1, 0.15) is 0 Å². The lowest BCUT2D eigenvalue weighted by Crippen LogP contribution is -1.90. The number of hydrogen-bond donors (Lipinski definition) is 0. The highest BCUT2D eigenvalue weighted by molar-refractivity contribution is 6.34. The van der Waals surface area contributed by atoms with Crippen molar-refractivity contribution >= 4 is 86.2 Å². The molecule has 11 rings (SSSR count). The molecule has 0 aromatic heterocycles. The van der Waals surface area contributed by atoms with E-state index in [1.165, 1.54) is 108 Å². The molecule has 0 atom stereocenters. The molecule has 0 spiro atoms. The maximum absolute atomic E-state index is 2.41. The Labute approximate surface area is 277 Å². The molecule has 11 aromatic rings. The Bertz CT molecular complexity index is 3070. The van der Waals surface area contributed by atoms with E-state index in [4.69, 9.17) is 0 Å². The van der Waals surface area contributed by atoms with Crippen LogP contribution in [0.15, 0.2) is 170 Å². The maximum Gasteiger partial charge on any atom is -0.00141 e. The van der Waals surface area contributed by atoms with Gasteiger partial charge in [-0.3, -0.25) is 0 Å². The highest BCUT2D eigenvalue weighted by Gasteiger charge is 2.17. The summed E-state index contributed by atoms with van der Waals surface area (Å²) in [5, 5.41) is 20.9. The molecule has 0 aliphatic heterocycles. The van der Waals surface area contributed by atoms with Gasteiger partial charge >= 0.3 is 0 Å². The zero-order valence-electron chi connectivity index (χ0n) is 26.2. The first-order chi connectivity index (χ1) is 23.8. The molecule has 0 bridgehead atoms. The molecule has 0 aliphatic rings. The maximum atomic E-state index is 2.41. The van der Waals surface area contributed by atoms with E-state index in [-0.39, 0.29) is 0 Å². The SMILES string of the molecule is c1cc2ccc3ccc(-c4ccc(-c5cc6cccc7c8ccccc8c8ccccc8c8cccc5c8c67)cc4)c4ccc(c1)c2c34. The van der Waals surface area contributed by atoms with Crippen LogP contribution in [0.5, 0.6) is 0 Å². The van der Waals surface area contributed by atoms with Crippen molar-refractivity contribution in [2.75, 3.05) is 0 Å². The highest BCUT2D eigenvalue weighted by Crippen LogP contribution is 2.44. The van der Waals surface area contributed by atoms with Crippen LogP contribution in [0.25, 0.3) is 108 Å². The van der Waals surface area contributed by atoms with Gasteiger partial charge in [-0.1, -0.05) is 164 Å². The number of fused-ring (bicyclic) bond motifs is 5. The first-order valence-electron chi connectivity index (χ1n) is 16.8. The van der Waals surface area contributed by atoms with Crippen LogP contribution in [-0.4, -0.2) is 0 Å². The van der Waals surface area contributed by atoms with Crippen molar-refractivity contribution < 1.29 is 0 Å². The van der Waals surface area contributed by atoms with E-state index in [2.05, 4.69) is 170 Å². The standard InChI is InChI=1S/C48H28/c1-3-13-38-36(11-1)37-12-2-4-14-39(37)41-16-7-17-42-44(28-34-10-6-15-40(38)47(34)48(41)42)30-20-18-29(19-21-30)35-26-24-33-23-22-31-8-5-9-32-25-27-43(35)46(33)45(31)32/h1-28H. The van der Waals surface area contributed by atoms with Crippen LogP contribution in [0.4, 0.5) is 0 Å². The molecule has 0 amide bonds. The molecule has 0 radical (unpaired) electrons. The summed E-state index contributed by atoms with van der Waals surface area (Å²) in [6.45, 7) is 0. The second-order valence-electron chi connectivity index (χ2n) is 13.2. The Morgan fingerprint density at radius 2 is 0.625 bits per heavy atom. The fraction of sp³-hybridized carbons (Fsp3) is 0. The monoisotopic (exact) mass is 604 g/mol. The minimum atomic E-state index is 1.23. The van der Waals surface area contributed by atoms with E-state index >= 15 is 0 Å². The van der Waals surface area contributed by atoms with Gasteiger partial charge in [-0.15, -0.1) is 0 Å². The van der Waals surface area contributed by atoms with Crippen LogP contribution in [0.2, 0.25) is 0 Å². The van der Waals surface area contributed by atoms with E-state index < -0.39 is 0 Å². The van der Waals surface area contributed by atoms with Gasteiger partial charge in [0.1, 0.15) is 0 Å². The van der Waals surface area contributed by atoms with Crippen molar-refractivity contribution in [1.82, 2.24) is 0 Å². The summed E-state index contributed by atoms with van der Waals surface area (Å²) in [5.41, 5.74) is 5.02. The summed E-state index contributed by atoms with van der Waals surface area (Å²) in [4.78, 5) is 0. The fourth-order valence-corrected chi connectivity index (χ4v) is 8.66. The summed E-state index contributed by atoms with van der Waals surface area (Å²) >= 11 is 0. The van der Waals surface area contributed by atoms with E-state index in [0.29, 0.717) is 0 Å². The lowest BCUT2D eigenvalue weighted by molar-refractivity contribution is 1.64. The fourth-order valence-electron chi connectivity index (χ4n) is 8.66. The smallest absolute Gasteiger partial charge is 0.00141 e. The van der Waals surface area contributed by atoms with Crippen LogP contribution < -0.4 is 0 Å². The van der Waals surface area contributed by atoms with Gasteiger partial charge in [0, 0.05) is 0 Å². The van der Waals surface area contributed by atoms with Crippen LogP contribution in [0, 0.1) is 0 Å². The molecule has 0 nitrogen and oxygen atoms in total. The van der Waals surface area contributed by atoms with Gasteiger partial charge in [-0.25, -0.2) is 0 Å². The Morgan fingerprint density at radius 3 is 1.31 bits per heavy atom. The largest absolute Gasteiger partial charge is 0.0616 e. The molecule has 0 N–H and O–H groups in total. The molecule has 0 saturated heterocycles. The third-order valence-electron chi connectivity index (χ3n) is 10.8. The van der Waals surface area contributed by atoms with Gasteiger partial charge in [-0.2, -0.15) is 0 Å². The third-order valence-corrected chi connectivity index (χ3v) is 10.8. The van der Waals surface area contributed by atoms with E-state index in [0.717, 1.165) is 0 Å². The summed E-state index contributed by atoms with van der Waals surface area (Å²) < 4.78 is 0. The average molecular weight is 605 g/mol. The zero-order chi connectivity index (χ0) is 31.3. The molecule has 0 fully saturated rings. The molecule has 0 saturated carbocycles. The van der Waals surface area contributed by atoms with Gasteiger partial charge < -0.3 is 0 Å². The Balaban J connectivity index is 1.18. The normalized spacial score (nSPS) is 12.2. The Morgan fingerprint density at radius 1 is 0.208 bits per heavy atom. The summed E-state index contributed by atoms with van der Waals surface area (Å²) in [7, 11) is 0.